The molecule has 1 unspecified atom stereocenters. The van der Waals surface area contributed by atoms with Crippen molar-refractivity contribution in [2.24, 2.45) is 11.7 Å². The number of fused-ring (bicyclic) bond motifs is 1. The molecular weight excluding hydrogens is 276 g/mol. The summed E-state index contributed by atoms with van der Waals surface area (Å²) in [5.41, 5.74) is 6.98. The van der Waals surface area contributed by atoms with Gasteiger partial charge >= 0.3 is 0 Å². The van der Waals surface area contributed by atoms with Crippen molar-refractivity contribution in [3.8, 4) is 0 Å². The third kappa shape index (κ3) is 2.69. The average Bonchev–Trinajstić information content (AvgIpc) is 2.95. The Morgan fingerprint density at radius 2 is 2.21 bits per heavy atom. The standard InChI is InChI=1S/C14H20N2OS2/c15-9-10-1-5-16(6-2-10)14(17)13-11-3-7-18-12(11)4-8-19-13/h3,7,10,13H,1-2,4-6,8-9,15H2. The topological polar surface area (TPSA) is 46.3 Å². The van der Waals surface area contributed by atoms with Gasteiger partial charge in [0.1, 0.15) is 5.25 Å². The molecule has 1 saturated heterocycles. The fourth-order valence-electron chi connectivity index (χ4n) is 2.91. The van der Waals surface area contributed by atoms with E-state index in [1.54, 1.807) is 11.3 Å². The molecule has 0 aromatic carbocycles. The van der Waals surface area contributed by atoms with Gasteiger partial charge in [0, 0.05) is 18.0 Å². The van der Waals surface area contributed by atoms with Crippen molar-refractivity contribution < 1.29 is 4.79 Å². The molecule has 104 valence electrons. The first-order valence-electron chi connectivity index (χ1n) is 6.96. The minimum absolute atomic E-state index is 0.0458. The zero-order valence-electron chi connectivity index (χ0n) is 11.0. The molecule has 0 aliphatic carbocycles. The summed E-state index contributed by atoms with van der Waals surface area (Å²) in [6, 6.07) is 2.14. The number of aryl methyl sites for hydroxylation is 1. The van der Waals surface area contributed by atoms with Crippen LogP contribution in [0.15, 0.2) is 11.4 Å². The second kappa shape index (κ2) is 5.85. The highest BCUT2D eigenvalue weighted by Crippen LogP contribution is 2.40. The van der Waals surface area contributed by atoms with Crippen LogP contribution in [0.1, 0.15) is 28.5 Å². The van der Waals surface area contributed by atoms with Crippen molar-refractivity contribution in [1.82, 2.24) is 4.90 Å². The molecule has 5 heteroatoms. The van der Waals surface area contributed by atoms with E-state index in [-0.39, 0.29) is 5.25 Å². The van der Waals surface area contributed by atoms with Gasteiger partial charge in [-0.25, -0.2) is 0 Å². The van der Waals surface area contributed by atoms with Crippen LogP contribution in [0.25, 0.3) is 0 Å². The lowest BCUT2D eigenvalue weighted by Crippen LogP contribution is -2.42. The molecule has 1 fully saturated rings. The van der Waals surface area contributed by atoms with Gasteiger partial charge in [0.2, 0.25) is 5.91 Å². The van der Waals surface area contributed by atoms with Crippen molar-refractivity contribution in [1.29, 1.82) is 0 Å². The van der Waals surface area contributed by atoms with E-state index in [1.165, 1.54) is 10.4 Å². The molecule has 1 aromatic rings. The third-order valence-electron chi connectivity index (χ3n) is 4.16. The fourth-order valence-corrected chi connectivity index (χ4v) is 5.28. The maximum atomic E-state index is 12.7. The number of thioether (sulfide) groups is 1. The Labute approximate surface area is 122 Å². The van der Waals surface area contributed by atoms with Crippen LogP contribution in [0.2, 0.25) is 0 Å². The monoisotopic (exact) mass is 296 g/mol. The van der Waals surface area contributed by atoms with E-state index in [0.717, 1.165) is 44.6 Å². The van der Waals surface area contributed by atoms with Crippen molar-refractivity contribution in [2.45, 2.75) is 24.5 Å². The average molecular weight is 296 g/mol. The lowest BCUT2D eigenvalue weighted by molar-refractivity contribution is -0.132. The Bertz CT molecular complexity index is 452. The van der Waals surface area contributed by atoms with Crippen molar-refractivity contribution in [2.75, 3.05) is 25.4 Å². The van der Waals surface area contributed by atoms with Gasteiger partial charge in [-0.15, -0.1) is 23.1 Å². The van der Waals surface area contributed by atoms with Crippen molar-refractivity contribution in [3.63, 3.8) is 0 Å². The zero-order valence-corrected chi connectivity index (χ0v) is 12.6. The lowest BCUT2D eigenvalue weighted by Gasteiger charge is -2.34. The van der Waals surface area contributed by atoms with E-state index in [1.807, 2.05) is 11.8 Å². The zero-order chi connectivity index (χ0) is 13.2. The summed E-state index contributed by atoms with van der Waals surface area (Å²) in [6.45, 7) is 2.53. The number of nitrogens with zero attached hydrogens (tertiary/aromatic N) is 1. The second-order valence-corrected chi connectivity index (χ2v) is 7.52. The van der Waals surface area contributed by atoms with E-state index in [4.69, 9.17) is 5.73 Å². The van der Waals surface area contributed by atoms with E-state index in [9.17, 15) is 4.79 Å². The Hall–Kier alpha value is -0.520. The molecular formula is C14H20N2OS2. The summed E-state index contributed by atoms with van der Waals surface area (Å²) in [5, 5.41) is 2.17. The van der Waals surface area contributed by atoms with Crippen molar-refractivity contribution in [3.05, 3.63) is 21.9 Å². The summed E-state index contributed by atoms with van der Waals surface area (Å²) >= 11 is 3.61. The number of piperidine rings is 1. The number of amides is 1. The number of hydrogen-bond acceptors (Lipinski definition) is 4. The Morgan fingerprint density at radius 1 is 1.42 bits per heavy atom. The van der Waals surface area contributed by atoms with Gasteiger partial charge in [0.05, 0.1) is 0 Å². The molecule has 0 saturated carbocycles. The van der Waals surface area contributed by atoms with E-state index < -0.39 is 0 Å². The molecule has 3 rings (SSSR count). The third-order valence-corrected chi connectivity index (χ3v) is 6.39. The first kappa shape index (κ1) is 13.5. The minimum atomic E-state index is 0.0458. The number of carbonyl (C=O) groups excluding carboxylic acids is 1. The molecule has 1 aromatic heterocycles. The van der Waals surface area contributed by atoms with Gasteiger partial charge in [-0.2, -0.15) is 0 Å². The Kier molecular flexibility index (Phi) is 4.15. The molecule has 2 N–H and O–H groups in total. The largest absolute Gasteiger partial charge is 0.341 e. The van der Waals surface area contributed by atoms with Crippen LogP contribution in [0.3, 0.4) is 0 Å². The Balaban J connectivity index is 1.69. The van der Waals surface area contributed by atoms with Crippen LogP contribution in [0.4, 0.5) is 0 Å². The van der Waals surface area contributed by atoms with Gasteiger partial charge < -0.3 is 10.6 Å². The summed E-state index contributed by atoms with van der Waals surface area (Å²) < 4.78 is 0. The molecule has 3 heterocycles. The van der Waals surface area contributed by atoms with Crippen LogP contribution in [-0.2, 0) is 11.2 Å². The predicted molar refractivity (Wildman–Crippen MR) is 81.6 cm³/mol. The number of thiophene rings is 1. The number of carbonyl (C=O) groups is 1. The number of hydrogen-bond donors (Lipinski definition) is 1. The van der Waals surface area contributed by atoms with Gasteiger partial charge in [0.25, 0.3) is 0 Å². The smallest absolute Gasteiger partial charge is 0.240 e. The van der Waals surface area contributed by atoms with E-state index in [2.05, 4.69) is 16.3 Å². The maximum Gasteiger partial charge on any atom is 0.240 e. The molecule has 0 spiro atoms. The molecule has 2 aliphatic rings. The van der Waals surface area contributed by atoms with Crippen molar-refractivity contribution >= 4 is 29.0 Å². The quantitative estimate of drug-likeness (QED) is 0.911. The molecule has 1 amide bonds. The van der Waals surface area contributed by atoms with Crippen LogP contribution < -0.4 is 5.73 Å². The van der Waals surface area contributed by atoms with Gasteiger partial charge in [-0.3, -0.25) is 4.79 Å². The molecule has 0 radical (unpaired) electrons. The fraction of sp³-hybridized carbons (Fsp3) is 0.643. The minimum Gasteiger partial charge on any atom is -0.341 e. The molecule has 3 nitrogen and oxygen atoms in total. The normalized spacial score (nSPS) is 24.3. The highest BCUT2D eigenvalue weighted by Gasteiger charge is 2.32. The van der Waals surface area contributed by atoms with Crippen LogP contribution >= 0.6 is 23.1 Å². The van der Waals surface area contributed by atoms with Crippen LogP contribution in [0, 0.1) is 5.92 Å². The lowest BCUT2D eigenvalue weighted by atomic mass is 9.96. The maximum absolute atomic E-state index is 12.7. The van der Waals surface area contributed by atoms with Crippen LogP contribution in [-0.4, -0.2) is 36.2 Å². The number of likely N-dealkylation sites (tertiary alicyclic amines) is 1. The van der Waals surface area contributed by atoms with Gasteiger partial charge in [-0.05, 0) is 54.5 Å². The summed E-state index contributed by atoms with van der Waals surface area (Å²) in [7, 11) is 0. The number of rotatable bonds is 2. The van der Waals surface area contributed by atoms with E-state index in [0.29, 0.717) is 11.8 Å². The van der Waals surface area contributed by atoms with Gasteiger partial charge in [-0.1, -0.05) is 0 Å². The summed E-state index contributed by atoms with van der Waals surface area (Å²) in [5.74, 6) is 2.00. The molecule has 1 atom stereocenters. The Morgan fingerprint density at radius 3 is 2.95 bits per heavy atom. The first-order chi connectivity index (χ1) is 9.29. The van der Waals surface area contributed by atoms with Gasteiger partial charge in [0.15, 0.2) is 0 Å². The first-order valence-corrected chi connectivity index (χ1v) is 8.89. The number of nitrogens with two attached hydrogens (primary N) is 1. The van der Waals surface area contributed by atoms with E-state index >= 15 is 0 Å². The molecule has 19 heavy (non-hydrogen) atoms. The highest BCUT2D eigenvalue weighted by atomic mass is 32.2. The highest BCUT2D eigenvalue weighted by molar-refractivity contribution is 8.00. The summed E-state index contributed by atoms with van der Waals surface area (Å²) in [6.07, 6.45) is 3.25. The second-order valence-electron chi connectivity index (χ2n) is 5.30. The SMILES string of the molecule is NCC1CCN(C(=O)C2SCCc3sccc32)CC1. The molecule has 0 bridgehead atoms. The van der Waals surface area contributed by atoms with Crippen LogP contribution in [0.5, 0.6) is 0 Å². The predicted octanol–water partition coefficient (Wildman–Crippen LogP) is 2.28. The summed E-state index contributed by atoms with van der Waals surface area (Å²) in [4.78, 5) is 16.2. The molecule has 2 aliphatic heterocycles.